The van der Waals surface area contributed by atoms with Crippen LogP contribution in [-0.4, -0.2) is 139 Å². The fourth-order valence-electron chi connectivity index (χ4n) is 7.19. The molecule has 0 aromatic heterocycles. The molecule has 0 aliphatic rings. The Bertz CT molecular complexity index is 665. The van der Waals surface area contributed by atoms with Gasteiger partial charge in [0.2, 0.25) is 0 Å². The van der Waals surface area contributed by atoms with Gasteiger partial charge in [0.1, 0.15) is 25.3 Å². The van der Waals surface area contributed by atoms with E-state index in [-0.39, 0.29) is 34.0 Å². The van der Waals surface area contributed by atoms with Gasteiger partial charge in [-0.05, 0) is 25.7 Å². The summed E-state index contributed by atoms with van der Waals surface area (Å²) < 4.78 is 24.2. The third-order valence-electron chi connectivity index (χ3n) is 10.4. The second-order valence-corrected chi connectivity index (χ2v) is 17.1. The fourth-order valence-corrected chi connectivity index (χ4v) is 7.19. The second kappa shape index (κ2) is 43.2. The molecule has 0 saturated heterocycles. The number of unbranched alkanes of at least 4 members (excludes halogenated alkanes) is 22. The van der Waals surface area contributed by atoms with Gasteiger partial charge in [0.05, 0.1) is 94.1 Å². The minimum atomic E-state index is -0.460. The SMILES string of the molecule is CCCCCCCCCCCCCC[N+](C)(C)CC(O)COCCOCCOCCOCC(O)C[N+](C)(C)CCCCCCCCCCCCCC.[Br-].[Br-]. The molecule has 2 N–H and O–H groups in total. The molecule has 0 aliphatic heterocycles. The van der Waals surface area contributed by atoms with E-state index < -0.39 is 12.2 Å². The first-order valence-corrected chi connectivity index (χ1v) is 22.4. The number of halogens is 2. The average Bonchev–Trinajstić information content (AvgIpc) is 3.09. The van der Waals surface area contributed by atoms with E-state index in [0.717, 1.165) is 22.1 Å². The largest absolute Gasteiger partial charge is 1.00 e. The standard InChI is InChI=1S/C44H94N2O6.2BrH/c1-7-9-11-13-15-17-19-21-23-25-27-29-31-45(3,4)39-43(47)41-51-37-35-49-33-34-50-36-38-52-42-44(48)40-46(5,6)32-30-28-26-24-22-20-18-16-14-12-10-8-2;;/h43-44,47-48H,7-42H2,1-6H3;2*1H/q+2;;/p-2. The zero-order chi connectivity index (χ0) is 38.4. The van der Waals surface area contributed by atoms with E-state index >= 15 is 0 Å². The van der Waals surface area contributed by atoms with Gasteiger partial charge in [-0.25, -0.2) is 0 Å². The quantitative estimate of drug-likeness (QED) is 0.0724. The number of nitrogens with zero attached hydrogens (tertiary/aromatic N) is 2. The first-order valence-electron chi connectivity index (χ1n) is 22.4. The smallest absolute Gasteiger partial charge is 0.126 e. The molecule has 2 unspecified atom stereocenters. The van der Waals surface area contributed by atoms with Crippen LogP contribution in [-0.2, 0) is 18.9 Å². The first kappa shape index (κ1) is 59.0. The van der Waals surface area contributed by atoms with Crippen LogP contribution in [0.2, 0.25) is 0 Å². The number of aliphatic hydroxyl groups excluding tert-OH is 2. The summed E-state index contributed by atoms with van der Waals surface area (Å²) in [5, 5.41) is 21.0. The molecule has 10 heteroatoms. The van der Waals surface area contributed by atoms with Gasteiger partial charge >= 0.3 is 0 Å². The van der Waals surface area contributed by atoms with E-state index in [1.54, 1.807) is 0 Å². The lowest BCUT2D eigenvalue weighted by atomic mass is 10.1. The molecule has 0 amide bonds. The van der Waals surface area contributed by atoms with Crippen LogP contribution in [0.1, 0.15) is 168 Å². The van der Waals surface area contributed by atoms with Crippen molar-refractivity contribution in [1.82, 2.24) is 0 Å². The maximum Gasteiger partial charge on any atom is 0.126 e. The number of hydrogen-bond acceptors (Lipinski definition) is 6. The van der Waals surface area contributed by atoms with Crippen LogP contribution in [0.5, 0.6) is 0 Å². The molecular weight excluding hydrogens is 812 g/mol. The van der Waals surface area contributed by atoms with Gasteiger partial charge in [0, 0.05) is 0 Å². The summed E-state index contributed by atoms with van der Waals surface area (Å²) in [5.74, 6) is 0. The van der Waals surface area contributed by atoms with Gasteiger partial charge in [0.25, 0.3) is 0 Å². The second-order valence-electron chi connectivity index (χ2n) is 17.1. The van der Waals surface area contributed by atoms with E-state index in [4.69, 9.17) is 18.9 Å². The summed E-state index contributed by atoms with van der Waals surface area (Å²) in [6.07, 6.45) is 31.9. The minimum absolute atomic E-state index is 0. The third-order valence-corrected chi connectivity index (χ3v) is 10.4. The molecular formula is C44H94Br2N2O6. The van der Waals surface area contributed by atoms with Crippen molar-refractivity contribution in [3.05, 3.63) is 0 Å². The predicted molar refractivity (Wildman–Crippen MR) is 221 cm³/mol. The molecule has 8 nitrogen and oxygen atoms in total. The Hall–Kier alpha value is 0.640. The van der Waals surface area contributed by atoms with Gasteiger partial charge in [-0.2, -0.15) is 0 Å². The van der Waals surface area contributed by atoms with Gasteiger partial charge in [-0.15, -0.1) is 0 Å². The molecule has 330 valence electrons. The van der Waals surface area contributed by atoms with Crippen molar-refractivity contribution in [2.75, 3.05) is 107 Å². The number of hydrogen-bond donors (Lipinski definition) is 2. The lowest BCUT2D eigenvalue weighted by molar-refractivity contribution is -0.893. The summed E-state index contributed by atoms with van der Waals surface area (Å²) in [6, 6.07) is 0. The zero-order valence-electron chi connectivity index (χ0n) is 36.8. The van der Waals surface area contributed by atoms with Crippen LogP contribution in [0.25, 0.3) is 0 Å². The van der Waals surface area contributed by atoms with Gasteiger partial charge in [-0.3, -0.25) is 0 Å². The van der Waals surface area contributed by atoms with Crippen molar-refractivity contribution in [3.63, 3.8) is 0 Å². The summed E-state index contributed by atoms with van der Waals surface area (Å²) in [7, 11) is 8.83. The van der Waals surface area contributed by atoms with Crippen molar-refractivity contribution in [2.45, 2.75) is 180 Å². The Morgan fingerprint density at radius 2 is 0.574 bits per heavy atom. The molecule has 0 fully saturated rings. The Balaban J connectivity index is -0.0000130. The Kier molecular flexibility index (Phi) is 47.2. The third kappa shape index (κ3) is 45.3. The maximum atomic E-state index is 10.5. The van der Waals surface area contributed by atoms with E-state index in [9.17, 15) is 10.2 Å². The van der Waals surface area contributed by atoms with E-state index in [1.807, 2.05) is 0 Å². The molecule has 54 heavy (non-hydrogen) atoms. The molecule has 0 aromatic rings. The number of aliphatic hydroxyl groups is 2. The molecule has 0 saturated carbocycles. The van der Waals surface area contributed by atoms with Crippen LogP contribution < -0.4 is 34.0 Å². The summed E-state index contributed by atoms with van der Waals surface area (Å²) >= 11 is 0. The average molecular weight is 907 g/mol. The highest BCUT2D eigenvalue weighted by Gasteiger charge is 2.21. The van der Waals surface area contributed by atoms with Gasteiger partial charge in [-0.1, -0.05) is 142 Å². The topological polar surface area (TPSA) is 77.4 Å². The molecule has 0 rings (SSSR count). The van der Waals surface area contributed by atoms with Crippen LogP contribution in [0.15, 0.2) is 0 Å². The zero-order valence-corrected chi connectivity index (χ0v) is 40.0. The first-order chi connectivity index (χ1) is 25.1. The molecule has 0 heterocycles. The van der Waals surface area contributed by atoms with Crippen LogP contribution in [0.3, 0.4) is 0 Å². The highest BCUT2D eigenvalue weighted by atomic mass is 79.9. The lowest BCUT2D eigenvalue weighted by Gasteiger charge is -2.32. The molecule has 0 bridgehead atoms. The normalized spacial score (nSPS) is 13.1. The van der Waals surface area contributed by atoms with E-state index in [1.165, 1.54) is 154 Å². The molecule has 0 radical (unpaired) electrons. The van der Waals surface area contributed by atoms with Crippen molar-refractivity contribution in [3.8, 4) is 0 Å². The molecule has 2 atom stereocenters. The number of ether oxygens (including phenoxy) is 4. The number of likely N-dealkylation sites (N-methyl/N-ethyl adjacent to an activating group) is 2. The van der Waals surface area contributed by atoms with Crippen LogP contribution in [0.4, 0.5) is 0 Å². The van der Waals surface area contributed by atoms with Crippen LogP contribution >= 0.6 is 0 Å². The number of quaternary nitrogens is 2. The van der Waals surface area contributed by atoms with Crippen molar-refractivity contribution < 1.29 is 72.1 Å². The van der Waals surface area contributed by atoms with Crippen molar-refractivity contribution >= 4 is 0 Å². The number of rotatable bonds is 43. The predicted octanol–water partition coefficient (Wildman–Crippen LogP) is 3.34. The Morgan fingerprint density at radius 1 is 0.352 bits per heavy atom. The highest BCUT2D eigenvalue weighted by Crippen LogP contribution is 2.15. The van der Waals surface area contributed by atoms with Gasteiger partial charge in [0.15, 0.2) is 0 Å². The van der Waals surface area contributed by atoms with Gasteiger partial charge < -0.3 is 72.1 Å². The maximum absolute atomic E-state index is 10.5. The monoisotopic (exact) mass is 905 g/mol. The summed E-state index contributed by atoms with van der Waals surface area (Å²) in [6.45, 7) is 11.8. The lowest BCUT2D eigenvalue weighted by Crippen LogP contribution is -3.00. The van der Waals surface area contributed by atoms with E-state index in [0.29, 0.717) is 65.9 Å². The van der Waals surface area contributed by atoms with Crippen molar-refractivity contribution in [2.24, 2.45) is 0 Å². The van der Waals surface area contributed by atoms with E-state index in [2.05, 4.69) is 42.0 Å². The molecule has 0 aliphatic carbocycles. The van der Waals surface area contributed by atoms with Crippen LogP contribution in [0, 0.1) is 0 Å². The fraction of sp³-hybridized carbons (Fsp3) is 1.00. The molecule has 0 spiro atoms. The highest BCUT2D eigenvalue weighted by molar-refractivity contribution is 4.55. The Labute approximate surface area is 357 Å². The van der Waals surface area contributed by atoms with Crippen molar-refractivity contribution in [1.29, 1.82) is 0 Å². The summed E-state index contributed by atoms with van der Waals surface area (Å²) in [4.78, 5) is 0. The summed E-state index contributed by atoms with van der Waals surface area (Å²) in [5.41, 5.74) is 0. The Morgan fingerprint density at radius 3 is 0.833 bits per heavy atom. The minimum Gasteiger partial charge on any atom is -1.00 e. The molecule has 0 aromatic carbocycles.